The van der Waals surface area contributed by atoms with Crippen molar-refractivity contribution in [2.75, 3.05) is 13.1 Å². The summed E-state index contributed by atoms with van der Waals surface area (Å²) in [5.74, 6) is -0.131. The van der Waals surface area contributed by atoms with Crippen LogP contribution in [-0.4, -0.2) is 31.7 Å². The fraction of sp³-hybridized carbons (Fsp3) is 0.261. The van der Waals surface area contributed by atoms with E-state index in [1.807, 2.05) is 41.8 Å². The standard InChI is InChI=1S/C23H24N2O3S2/c26-23(22-21(13-16-29-22)19-7-3-1-4-8-19)24-17-18-9-11-20(12-10-18)30(27,28)25-14-5-2-6-15-25/h1,3-4,7-13,16H,2,5-6,14-15,17H2,(H,24,26). The number of piperidine rings is 1. The number of nitrogens with zero attached hydrogens (tertiary/aromatic N) is 1. The van der Waals surface area contributed by atoms with Crippen molar-refractivity contribution in [3.8, 4) is 11.1 Å². The Balaban J connectivity index is 1.41. The van der Waals surface area contributed by atoms with Crippen LogP contribution in [0.5, 0.6) is 0 Å². The van der Waals surface area contributed by atoms with E-state index in [1.165, 1.54) is 11.3 Å². The number of hydrogen-bond donors (Lipinski definition) is 1. The molecular formula is C23H24N2O3S2. The Bertz CT molecular complexity index is 1100. The van der Waals surface area contributed by atoms with E-state index in [0.29, 0.717) is 29.4 Å². The number of nitrogens with one attached hydrogen (secondary N) is 1. The third-order valence-electron chi connectivity index (χ3n) is 5.29. The summed E-state index contributed by atoms with van der Waals surface area (Å²) in [6.07, 6.45) is 2.91. The van der Waals surface area contributed by atoms with E-state index in [9.17, 15) is 13.2 Å². The van der Waals surface area contributed by atoms with Crippen molar-refractivity contribution in [3.05, 3.63) is 76.5 Å². The van der Waals surface area contributed by atoms with Crippen LogP contribution in [0, 0.1) is 0 Å². The van der Waals surface area contributed by atoms with Crippen LogP contribution >= 0.6 is 11.3 Å². The molecule has 0 radical (unpaired) electrons. The second kappa shape index (κ2) is 9.12. The van der Waals surface area contributed by atoms with E-state index in [2.05, 4.69) is 5.32 Å². The molecule has 156 valence electrons. The molecule has 4 rings (SSSR count). The minimum absolute atomic E-state index is 0.131. The molecule has 0 spiro atoms. The van der Waals surface area contributed by atoms with Crippen LogP contribution in [0.25, 0.3) is 11.1 Å². The lowest BCUT2D eigenvalue weighted by molar-refractivity contribution is 0.0955. The summed E-state index contributed by atoms with van der Waals surface area (Å²) in [4.78, 5) is 13.7. The number of sulfonamides is 1. The van der Waals surface area contributed by atoms with E-state index < -0.39 is 10.0 Å². The highest BCUT2D eigenvalue weighted by molar-refractivity contribution is 7.89. The molecule has 0 atom stereocenters. The van der Waals surface area contributed by atoms with E-state index >= 15 is 0 Å². The SMILES string of the molecule is O=C(NCc1ccc(S(=O)(=O)N2CCCCC2)cc1)c1sccc1-c1ccccc1. The van der Waals surface area contributed by atoms with Gasteiger partial charge in [0.15, 0.2) is 0 Å². The van der Waals surface area contributed by atoms with Crippen LogP contribution in [0.1, 0.15) is 34.5 Å². The molecule has 1 amide bonds. The van der Waals surface area contributed by atoms with Crippen LogP contribution in [0.3, 0.4) is 0 Å². The fourth-order valence-electron chi connectivity index (χ4n) is 3.63. The number of amides is 1. The van der Waals surface area contributed by atoms with Crippen molar-refractivity contribution in [2.45, 2.75) is 30.7 Å². The van der Waals surface area contributed by atoms with Crippen molar-refractivity contribution in [2.24, 2.45) is 0 Å². The topological polar surface area (TPSA) is 66.5 Å². The van der Waals surface area contributed by atoms with Crippen molar-refractivity contribution in [1.82, 2.24) is 9.62 Å². The lowest BCUT2D eigenvalue weighted by atomic mass is 10.1. The van der Waals surface area contributed by atoms with Crippen LogP contribution in [-0.2, 0) is 16.6 Å². The van der Waals surface area contributed by atoms with Gasteiger partial charge in [-0.05, 0) is 47.5 Å². The van der Waals surface area contributed by atoms with Gasteiger partial charge < -0.3 is 5.32 Å². The van der Waals surface area contributed by atoms with Gasteiger partial charge in [0.05, 0.1) is 9.77 Å². The average molecular weight is 441 g/mol. The number of carbonyl (C=O) groups is 1. The van der Waals surface area contributed by atoms with Crippen molar-refractivity contribution >= 4 is 27.3 Å². The van der Waals surface area contributed by atoms with Gasteiger partial charge in [0, 0.05) is 25.2 Å². The zero-order chi connectivity index (χ0) is 21.0. The predicted molar refractivity (Wildman–Crippen MR) is 120 cm³/mol. The molecule has 30 heavy (non-hydrogen) atoms. The number of carbonyl (C=O) groups excluding carboxylic acids is 1. The zero-order valence-corrected chi connectivity index (χ0v) is 18.2. The number of hydrogen-bond acceptors (Lipinski definition) is 4. The summed E-state index contributed by atoms with van der Waals surface area (Å²) in [6.45, 7) is 1.52. The maximum Gasteiger partial charge on any atom is 0.262 e. The molecule has 5 nitrogen and oxygen atoms in total. The summed E-state index contributed by atoms with van der Waals surface area (Å²) >= 11 is 1.41. The lowest BCUT2D eigenvalue weighted by Gasteiger charge is -2.25. The van der Waals surface area contributed by atoms with Gasteiger partial charge >= 0.3 is 0 Å². The second-order valence-corrected chi connectivity index (χ2v) is 10.2. The van der Waals surface area contributed by atoms with Gasteiger partial charge in [-0.2, -0.15) is 4.31 Å². The molecule has 1 saturated heterocycles. The molecule has 2 heterocycles. The molecule has 1 N–H and O–H groups in total. The Labute approximate surface area is 181 Å². The highest BCUT2D eigenvalue weighted by Gasteiger charge is 2.25. The summed E-state index contributed by atoms with van der Waals surface area (Å²) < 4.78 is 27.1. The average Bonchev–Trinajstić information content (AvgIpc) is 3.29. The van der Waals surface area contributed by atoms with E-state index in [1.54, 1.807) is 28.6 Å². The van der Waals surface area contributed by atoms with Crippen LogP contribution < -0.4 is 5.32 Å². The largest absolute Gasteiger partial charge is 0.347 e. The third kappa shape index (κ3) is 4.48. The quantitative estimate of drug-likeness (QED) is 0.613. The molecule has 2 aromatic carbocycles. The van der Waals surface area contributed by atoms with Crippen LogP contribution in [0.4, 0.5) is 0 Å². The van der Waals surface area contributed by atoms with Crippen molar-refractivity contribution < 1.29 is 13.2 Å². The van der Waals surface area contributed by atoms with E-state index in [4.69, 9.17) is 0 Å². The highest BCUT2D eigenvalue weighted by atomic mass is 32.2. The monoisotopic (exact) mass is 440 g/mol. The molecular weight excluding hydrogens is 416 g/mol. The van der Waals surface area contributed by atoms with E-state index in [0.717, 1.165) is 36.0 Å². The maximum atomic E-state index is 12.7. The van der Waals surface area contributed by atoms with Gasteiger partial charge in [-0.15, -0.1) is 11.3 Å². The number of thiophene rings is 1. The maximum absolute atomic E-state index is 12.7. The minimum Gasteiger partial charge on any atom is -0.347 e. The minimum atomic E-state index is -3.43. The Morgan fingerprint density at radius 3 is 2.33 bits per heavy atom. The smallest absolute Gasteiger partial charge is 0.262 e. The molecule has 1 aliphatic heterocycles. The van der Waals surface area contributed by atoms with Gasteiger partial charge in [0.1, 0.15) is 0 Å². The van der Waals surface area contributed by atoms with Gasteiger partial charge in [-0.3, -0.25) is 4.79 Å². The molecule has 1 aromatic heterocycles. The number of benzene rings is 2. The van der Waals surface area contributed by atoms with Crippen LogP contribution in [0.15, 0.2) is 70.9 Å². The first-order chi connectivity index (χ1) is 14.6. The van der Waals surface area contributed by atoms with Crippen molar-refractivity contribution in [3.63, 3.8) is 0 Å². The first kappa shape index (κ1) is 20.8. The normalized spacial score (nSPS) is 15.1. The Hall–Kier alpha value is -2.48. The molecule has 1 fully saturated rings. The first-order valence-corrected chi connectivity index (χ1v) is 12.4. The highest BCUT2D eigenvalue weighted by Crippen LogP contribution is 2.28. The predicted octanol–water partition coefficient (Wildman–Crippen LogP) is 4.52. The second-order valence-electron chi connectivity index (χ2n) is 7.32. The van der Waals surface area contributed by atoms with Gasteiger partial charge in [-0.1, -0.05) is 48.9 Å². The van der Waals surface area contributed by atoms with Gasteiger partial charge in [0.25, 0.3) is 5.91 Å². The molecule has 1 aliphatic rings. The van der Waals surface area contributed by atoms with Gasteiger partial charge in [0.2, 0.25) is 10.0 Å². The zero-order valence-electron chi connectivity index (χ0n) is 16.6. The lowest BCUT2D eigenvalue weighted by Crippen LogP contribution is -2.35. The molecule has 0 aliphatic carbocycles. The summed E-state index contributed by atoms with van der Waals surface area (Å²) in [5, 5.41) is 4.86. The summed E-state index contributed by atoms with van der Waals surface area (Å²) in [5.41, 5.74) is 2.79. The summed E-state index contributed by atoms with van der Waals surface area (Å²) in [7, 11) is -3.43. The molecule has 0 unspecified atom stereocenters. The Morgan fingerprint density at radius 2 is 1.63 bits per heavy atom. The van der Waals surface area contributed by atoms with E-state index in [-0.39, 0.29) is 5.91 Å². The third-order valence-corrected chi connectivity index (χ3v) is 8.11. The summed E-state index contributed by atoms with van der Waals surface area (Å²) in [6, 6.07) is 18.6. The number of rotatable bonds is 6. The molecule has 7 heteroatoms. The van der Waals surface area contributed by atoms with Crippen LogP contribution in [0.2, 0.25) is 0 Å². The van der Waals surface area contributed by atoms with Gasteiger partial charge in [-0.25, -0.2) is 8.42 Å². The fourth-order valence-corrected chi connectivity index (χ4v) is 5.98. The Morgan fingerprint density at radius 1 is 0.933 bits per heavy atom. The van der Waals surface area contributed by atoms with Crippen molar-refractivity contribution in [1.29, 1.82) is 0 Å². The Kier molecular flexibility index (Phi) is 6.32. The first-order valence-electron chi connectivity index (χ1n) is 10.1. The molecule has 3 aromatic rings. The molecule has 0 bridgehead atoms. The molecule has 0 saturated carbocycles.